The third kappa shape index (κ3) is 6.08. The van der Waals surface area contributed by atoms with Crippen LogP contribution in [0.25, 0.3) is 0 Å². The van der Waals surface area contributed by atoms with Gasteiger partial charge in [-0.25, -0.2) is 0 Å². The van der Waals surface area contributed by atoms with Gasteiger partial charge in [0.05, 0.1) is 24.2 Å². The van der Waals surface area contributed by atoms with Crippen molar-refractivity contribution in [2.24, 2.45) is 11.8 Å². The molecule has 3 nitrogen and oxygen atoms in total. The molecule has 3 heteroatoms. The van der Waals surface area contributed by atoms with Crippen molar-refractivity contribution in [1.82, 2.24) is 0 Å². The second-order valence-corrected chi connectivity index (χ2v) is 9.93. The summed E-state index contributed by atoms with van der Waals surface area (Å²) in [5.41, 5.74) is 1.98. The highest BCUT2D eigenvalue weighted by atomic mass is 16.3. The van der Waals surface area contributed by atoms with Crippen LogP contribution in [0.15, 0.2) is 24.3 Å². The fraction of sp³-hybridized carbons (Fsp3) is 0.741. The van der Waals surface area contributed by atoms with Gasteiger partial charge in [-0.1, -0.05) is 96.9 Å². The molecule has 30 heavy (non-hydrogen) atoms. The number of nitrogens with zero attached hydrogens (tertiary/aromatic N) is 1. The van der Waals surface area contributed by atoms with Crippen LogP contribution in [0, 0.1) is 23.2 Å². The summed E-state index contributed by atoms with van der Waals surface area (Å²) in [5, 5.41) is 31.1. The van der Waals surface area contributed by atoms with E-state index in [9.17, 15) is 15.5 Å². The zero-order chi connectivity index (χ0) is 22.1. The summed E-state index contributed by atoms with van der Waals surface area (Å²) in [4.78, 5) is 0. The molecule has 1 aliphatic rings. The minimum Gasteiger partial charge on any atom is -0.392 e. The molecule has 1 fully saturated rings. The maximum Gasteiger partial charge on any atom is 0.0659 e. The second kappa shape index (κ2) is 11.9. The lowest BCUT2D eigenvalue weighted by molar-refractivity contribution is 0.0889. The molecule has 168 valence electrons. The van der Waals surface area contributed by atoms with Crippen LogP contribution in [0.1, 0.15) is 109 Å². The van der Waals surface area contributed by atoms with Gasteiger partial charge in [-0.3, -0.25) is 0 Å². The molecule has 0 saturated heterocycles. The van der Waals surface area contributed by atoms with E-state index in [-0.39, 0.29) is 29.3 Å². The molecule has 1 aromatic rings. The number of hydrogen-bond acceptors (Lipinski definition) is 3. The Bertz CT molecular complexity index is 660. The Morgan fingerprint density at radius 2 is 1.67 bits per heavy atom. The summed E-state index contributed by atoms with van der Waals surface area (Å²) < 4.78 is 0. The second-order valence-electron chi connectivity index (χ2n) is 9.93. The molecule has 2 rings (SSSR count). The van der Waals surface area contributed by atoms with Crippen molar-refractivity contribution >= 4 is 0 Å². The number of benzene rings is 1. The van der Waals surface area contributed by atoms with Crippen molar-refractivity contribution in [2.45, 2.75) is 115 Å². The molecular formula is C27H43NO2. The third-order valence-electron chi connectivity index (χ3n) is 7.40. The standard InChI is InChI=1S/C27H43NO2/c1-5-7-9-10-11-12-23-21(19-28)18-24(29)26(23)20-14-16-22(17-15-20)27(3,4)25(30)13-8-6-2/h14-17,21,23-26,29-30H,5-13,18H2,1-4H3/t21-,23?,24+,25?,26?/m0/s1. The smallest absolute Gasteiger partial charge is 0.0659 e. The molecule has 1 aromatic carbocycles. The average molecular weight is 414 g/mol. The van der Waals surface area contributed by atoms with E-state index >= 15 is 0 Å². The number of aliphatic hydroxyl groups is 2. The number of nitriles is 1. The number of rotatable bonds is 12. The van der Waals surface area contributed by atoms with Gasteiger partial charge in [0.15, 0.2) is 0 Å². The molecule has 2 N–H and O–H groups in total. The fourth-order valence-corrected chi connectivity index (χ4v) is 5.18. The molecular weight excluding hydrogens is 370 g/mol. The van der Waals surface area contributed by atoms with Crippen LogP contribution in [0.4, 0.5) is 0 Å². The Labute approximate surface area is 184 Å². The minimum atomic E-state index is -0.440. The molecule has 0 radical (unpaired) electrons. The van der Waals surface area contributed by atoms with E-state index in [1.54, 1.807) is 0 Å². The van der Waals surface area contributed by atoms with Crippen molar-refractivity contribution in [3.63, 3.8) is 0 Å². The lowest BCUT2D eigenvalue weighted by atomic mass is 9.76. The molecule has 3 unspecified atom stereocenters. The summed E-state index contributed by atoms with van der Waals surface area (Å²) in [6.07, 6.45) is 9.88. The Morgan fingerprint density at radius 1 is 1.03 bits per heavy atom. The maximum absolute atomic E-state index is 10.8. The van der Waals surface area contributed by atoms with Gasteiger partial charge >= 0.3 is 0 Å². The Morgan fingerprint density at radius 3 is 2.27 bits per heavy atom. The van der Waals surface area contributed by atoms with Crippen molar-refractivity contribution < 1.29 is 10.2 Å². The van der Waals surface area contributed by atoms with E-state index in [2.05, 4.69) is 58.0 Å². The van der Waals surface area contributed by atoms with Crippen LogP contribution in [0.3, 0.4) is 0 Å². The lowest BCUT2D eigenvalue weighted by Gasteiger charge is -2.32. The summed E-state index contributed by atoms with van der Waals surface area (Å²) in [5.74, 6) is 0.229. The predicted molar refractivity (Wildman–Crippen MR) is 124 cm³/mol. The molecule has 1 saturated carbocycles. The van der Waals surface area contributed by atoms with Crippen LogP contribution < -0.4 is 0 Å². The van der Waals surface area contributed by atoms with Crippen molar-refractivity contribution in [1.29, 1.82) is 5.26 Å². The highest BCUT2D eigenvalue weighted by Gasteiger charge is 2.43. The monoisotopic (exact) mass is 413 g/mol. The molecule has 5 atom stereocenters. The molecule has 1 aliphatic carbocycles. The van der Waals surface area contributed by atoms with Crippen LogP contribution in [0.5, 0.6) is 0 Å². The lowest BCUT2D eigenvalue weighted by Crippen LogP contribution is -2.33. The molecule has 0 spiro atoms. The van der Waals surface area contributed by atoms with E-state index in [0.29, 0.717) is 6.42 Å². The Hall–Kier alpha value is -1.37. The zero-order valence-electron chi connectivity index (χ0n) is 19.6. The van der Waals surface area contributed by atoms with Crippen molar-refractivity contribution in [3.05, 3.63) is 35.4 Å². The van der Waals surface area contributed by atoms with Gasteiger partial charge in [0.25, 0.3) is 0 Å². The van der Waals surface area contributed by atoms with Gasteiger partial charge in [-0.15, -0.1) is 0 Å². The van der Waals surface area contributed by atoms with Crippen LogP contribution in [-0.2, 0) is 5.41 Å². The van der Waals surface area contributed by atoms with E-state index in [1.165, 1.54) is 25.7 Å². The molecule has 0 aliphatic heterocycles. The zero-order valence-corrected chi connectivity index (χ0v) is 19.6. The van der Waals surface area contributed by atoms with Crippen LogP contribution >= 0.6 is 0 Å². The number of aliphatic hydroxyl groups excluding tert-OH is 2. The Kier molecular flexibility index (Phi) is 9.85. The average Bonchev–Trinajstić information content (AvgIpc) is 3.07. The quantitative estimate of drug-likeness (QED) is 0.385. The van der Waals surface area contributed by atoms with Crippen molar-refractivity contribution in [3.8, 4) is 6.07 Å². The third-order valence-corrected chi connectivity index (χ3v) is 7.40. The maximum atomic E-state index is 10.8. The van der Waals surface area contributed by atoms with Gasteiger partial charge in [0.2, 0.25) is 0 Å². The van der Waals surface area contributed by atoms with Gasteiger partial charge in [-0.2, -0.15) is 5.26 Å². The van der Waals surface area contributed by atoms with E-state index < -0.39 is 6.10 Å². The summed E-state index contributed by atoms with van der Waals surface area (Å²) in [6.45, 7) is 8.59. The van der Waals surface area contributed by atoms with E-state index in [0.717, 1.165) is 43.2 Å². The Balaban J connectivity index is 2.12. The van der Waals surface area contributed by atoms with E-state index in [1.807, 2.05) is 0 Å². The van der Waals surface area contributed by atoms with Crippen LogP contribution in [-0.4, -0.2) is 22.4 Å². The van der Waals surface area contributed by atoms with E-state index in [4.69, 9.17) is 0 Å². The first kappa shape index (κ1) is 24.9. The summed E-state index contributed by atoms with van der Waals surface area (Å²) >= 11 is 0. The first-order valence-corrected chi connectivity index (χ1v) is 12.2. The predicted octanol–water partition coefficient (Wildman–Crippen LogP) is 6.48. The molecule has 0 heterocycles. The van der Waals surface area contributed by atoms with Gasteiger partial charge < -0.3 is 10.2 Å². The van der Waals surface area contributed by atoms with Crippen LogP contribution in [0.2, 0.25) is 0 Å². The topological polar surface area (TPSA) is 64.2 Å². The SMILES string of the molecule is CCCCCCCC1C(c2ccc(C(C)(C)C(O)CCCC)cc2)[C@H](O)C[C@H]1C#N. The normalized spacial score (nSPS) is 25.2. The first-order valence-electron chi connectivity index (χ1n) is 12.2. The van der Waals surface area contributed by atoms with Gasteiger partial charge in [0, 0.05) is 11.3 Å². The molecule has 0 aromatic heterocycles. The summed E-state index contributed by atoms with van der Waals surface area (Å²) in [6, 6.07) is 11.0. The van der Waals surface area contributed by atoms with Gasteiger partial charge in [0.1, 0.15) is 0 Å². The first-order chi connectivity index (χ1) is 14.4. The minimum absolute atomic E-state index is 0.0444. The highest BCUT2D eigenvalue weighted by Crippen LogP contribution is 2.46. The van der Waals surface area contributed by atoms with Gasteiger partial charge in [-0.05, 0) is 36.3 Å². The number of unbranched alkanes of at least 4 members (excludes halogenated alkanes) is 5. The van der Waals surface area contributed by atoms with Crippen molar-refractivity contribution in [2.75, 3.05) is 0 Å². The molecule has 0 bridgehead atoms. The molecule has 0 amide bonds. The fourth-order valence-electron chi connectivity index (χ4n) is 5.18. The largest absolute Gasteiger partial charge is 0.392 e. The summed E-state index contributed by atoms with van der Waals surface area (Å²) in [7, 11) is 0. The number of hydrogen-bond donors (Lipinski definition) is 2. The highest BCUT2D eigenvalue weighted by molar-refractivity contribution is 5.33.